The maximum atomic E-state index is 6.20. The molecule has 28 heavy (non-hydrogen) atoms. The Morgan fingerprint density at radius 1 is 0.929 bits per heavy atom. The van der Waals surface area contributed by atoms with Gasteiger partial charge < -0.3 is 14.8 Å². The highest BCUT2D eigenvalue weighted by Crippen LogP contribution is 2.37. The molecule has 0 saturated carbocycles. The van der Waals surface area contributed by atoms with Gasteiger partial charge in [-0.05, 0) is 50.8 Å². The third kappa shape index (κ3) is 6.14. The molecule has 0 fully saturated rings. The second-order valence-corrected chi connectivity index (χ2v) is 7.34. The third-order valence-corrected chi connectivity index (χ3v) is 5.08. The topological polar surface area (TPSA) is 30.5 Å². The molecule has 3 nitrogen and oxygen atoms in total. The van der Waals surface area contributed by atoms with Crippen LogP contribution >= 0.6 is 39.9 Å². The molecule has 0 amide bonds. The van der Waals surface area contributed by atoms with Crippen LogP contribution in [0, 0.1) is 0 Å². The summed E-state index contributed by atoms with van der Waals surface area (Å²) in [6, 6.07) is 21.9. The second-order valence-electron chi connectivity index (χ2n) is 6.08. The first kappa shape index (κ1) is 22.6. The van der Waals surface area contributed by atoms with E-state index in [1.54, 1.807) is 7.11 Å². The van der Waals surface area contributed by atoms with E-state index >= 15 is 0 Å². The number of hydrogen-bond donors (Lipinski definition) is 1. The highest BCUT2D eigenvalue weighted by atomic mass is 79.9. The largest absolute Gasteiger partial charge is 0.493 e. The van der Waals surface area contributed by atoms with Crippen molar-refractivity contribution in [1.29, 1.82) is 0 Å². The zero-order chi connectivity index (χ0) is 19.1. The molecule has 6 heteroatoms. The molecular formula is C22H22BrCl2NO2. The van der Waals surface area contributed by atoms with Crippen molar-refractivity contribution in [2.75, 3.05) is 7.11 Å². The van der Waals surface area contributed by atoms with E-state index in [2.05, 4.69) is 21.2 Å². The zero-order valence-corrected chi connectivity index (χ0v) is 18.6. The van der Waals surface area contributed by atoms with E-state index in [1.807, 2.05) is 66.7 Å². The fourth-order valence-corrected chi connectivity index (χ4v) is 3.53. The van der Waals surface area contributed by atoms with Crippen LogP contribution in [0.25, 0.3) is 0 Å². The van der Waals surface area contributed by atoms with Gasteiger partial charge in [-0.1, -0.05) is 60.1 Å². The van der Waals surface area contributed by atoms with Gasteiger partial charge in [0.05, 0.1) is 11.6 Å². The van der Waals surface area contributed by atoms with Crippen LogP contribution in [0.1, 0.15) is 16.7 Å². The van der Waals surface area contributed by atoms with E-state index in [1.165, 1.54) is 0 Å². The van der Waals surface area contributed by atoms with E-state index < -0.39 is 0 Å². The first-order valence-electron chi connectivity index (χ1n) is 8.64. The zero-order valence-electron chi connectivity index (χ0n) is 15.5. The van der Waals surface area contributed by atoms with Crippen molar-refractivity contribution in [2.45, 2.75) is 19.7 Å². The first-order chi connectivity index (χ1) is 13.2. The lowest BCUT2D eigenvalue weighted by Crippen LogP contribution is -2.13. The third-order valence-electron chi connectivity index (χ3n) is 4.12. The van der Waals surface area contributed by atoms with Crippen LogP contribution in [0.4, 0.5) is 0 Å². The van der Waals surface area contributed by atoms with Crippen LogP contribution in [-0.2, 0) is 19.7 Å². The normalized spacial score (nSPS) is 10.2. The summed E-state index contributed by atoms with van der Waals surface area (Å²) in [4.78, 5) is 0. The molecule has 0 heterocycles. The predicted octanol–water partition coefficient (Wildman–Crippen LogP) is 6.40. The summed E-state index contributed by atoms with van der Waals surface area (Å²) in [7, 11) is 1.65. The minimum absolute atomic E-state index is 0. The minimum Gasteiger partial charge on any atom is -0.493 e. The van der Waals surface area contributed by atoms with Gasteiger partial charge in [-0.3, -0.25) is 0 Å². The molecule has 1 N–H and O–H groups in total. The molecule has 0 saturated heterocycles. The molecule has 0 aliphatic heterocycles. The fraction of sp³-hybridized carbons (Fsp3) is 0.182. The van der Waals surface area contributed by atoms with Gasteiger partial charge in [-0.15, -0.1) is 12.4 Å². The maximum absolute atomic E-state index is 6.20. The van der Waals surface area contributed by atoms with Crippen LogP contribution < -0.4 is 14.8 Å². The van der Waals surface area contributed by atoms with Crippen molar-refractivity contribution in [3.05, 3.63) is 92.9 Å². The lowest BCUT2D eigenvalue weighted by molar-refractivity contribution is 0.282. The Kier molecular flexibility index (Phi) is 9.13. The molecular weight excluding hydrogens is 461 g/mol. The monoisotopic (exact) mass is 481 g/mol. The van der Waals surface area contributed by atoms with Gasteiger partial charge in [0.2, 0.25) is 0 Å². The van der Waals surface area contributed by atoms with Gasteiger partial charge in [-0.25, -0.2) is 0 Å². The number of hydrogen-bond acceptors (Lipinski definition) is 3. The van der Waals surface area contributed by atoms with Gasteiger partial charge in [0.1, 0.15) is 6.61 Å². The summed E-state index contributed by atoms with van der Waals surface area (Å²) < 4.78 is 12.4. The summed E-state index contributed by atoms with van der Waals surface area (Å²) in [6.07, 6.45) is 0. The number of ether oxygens (including phenoxy) is 2. The van der Waals surface area contributed by atoms with Crippen molar-refractivity contribution < 1.29 is 9.47 Å². The molecule has 3 aromatic rings. The predicted molar refractivity (Wildman–Crippen MR) is 121 cm³/mol. The van der Waals surface area contributed by atoms with E-state index in [4.69, 9.17) is 21.1 Å². The second kappa shape index (κ2) is 11.3. The Morgan fingerprint density at radius 3 is 2.36 bits per heavy atom. The number of rotatable bonds is 8. The number of methoxy groups -OCH3 is 1. The molecule has 0 atom stereocenters. The smallest absolute Gasteiger partial charge is 0.175 e. The van der Waals surface area contributed by atoms with E-state index in [-0.39, 0.29) is 12.4 Å². The molecule has 3 aromatic carbocycles. The van der Waals surface area contributed by atoms with E-state index in [9.17, 15) is 0 Å². The van der Waals surface area contributed by atoms with E-state index in [0.29, 0.717) is 31.2 Å². The Labute approximate surface area is 185 Å². The summed E-state index contributed by atoms with van der Waals surface area (Å²) >= 11 is 9.81. The lowest BCUT2D eigenvalue weighted by Gasteiger charge is -2.15. The molecule has 0 radical (unpaired) electrons. The van der Waals surface area contributed by atoms with Crippen LogP contribution in [0.2, 0.25) is 5.02 Å². The number of nitrogens with one attached hydrogen (secondary N) is 1. The molecule has 0 bridgehead atoms. The average molecular weight is 483 g/mol. The van der Waals surface area contributed by atoms with E-state index in [0.717, 1.165) is 26.2 Å². The molecule has 0 aliphatic rings. The highest BCUT2D eigenvalue weighted by Gasteiger charge is 2.12. The summed E-state index contributed by atoms with van der Waals surface area (Å²) in [6.45, 7) is 1.88. The number of benzene rings is 3. The lowest BCUT2D eigenvalue weighted by atomic mass is 10.1. The van der Waals surface area contributed by atoms with Crippen molar-refractivity contribution >= 4 is 39.9 Å². The molecule has 3 rings (SSSR count). The van der Waals surface area contributed by atoms with Crippen molar-refractivity contribution in [2.24, 2.45) is 0 Å². The number of halogens is 3. The molecule has 0 unspecified atom stereocenters. The summed E-state index contributed by atoms with van der Waals surface area (Å²) in [5, 5.41) is 4.18. The molecule has 148 valence electrons. The van der Waals surface area contributed by atoms with Crippen LogP contribution in [-0.4, -0.2) is 7.11 Å². The Balaban J connectivity index is 0.00000280. The Hall–Kier alpha value is -1.72. The van der Waals surface area contributed by atoms with Crippen LogP contribution in [0.5, 0.6) is 11.5 Å². The van der Waals surface area contributed by atoms with Gasteiger partial charge in [0, 0.05) is 18.1 Å². The van der Waals surface area contributed by atoms with Gasteiger partial charge >= 0.3 is 0 Å². The molecule has 0 aromatic heterocycles. The Morgan fingerprint density at radius 2 is 1.64 bits per heavy atom. The molecule has 0 spiro atoms. The fourth-order valence-electron chi connectivity index (χ4n) is 2.73. The SMILES string of the molecule is COc1cc(CNCc2ccccc2Cl)cc(Br)c1OCc1ccccc1.Cl. The molecule has 0 aliphatic carbocycles. The van der Waals surface area contributed by atoms with Crippen molar-refractivity contribution in [1.82, 2.24) is 5.32 Å². The average Bonchev–Trinajstić information content (AvgIpc) is 2.69. The van der Waals surface area contributed by atoms with Gasteiger partial charge in [0.15, 0.2) is 11.5 Å². The Bertz CT molecular complexity index is 891. The minimum atomic E-state index is 0. The quantitative estimate of drug-likeness (QED) is 0.402. The van der Waals surface area contributed by atoms with Crippen molar-refractivity contribution in [3.63, 3.8) is 0 Å². The van der Waals surface area contributed by atoms with Crippen LogP contribution in [0.3, 0.4) is 0 Å². The summed E-state index contributed by atoms with van der Waals surface area (Å²) in [5.74, 6) is 1.41. The van der Waals surface area contributed by atoms with Crippen molar-refractivity contribution in [3.8, 4) is 11.5 Å². The van der Waals surface area contributed by atoms with Crippen LogP contribution in [0.15, 0.2) is 71.2 Å². The standard InChI is InChI=1S/C22H21BrClNO2.ClH/c1-26-21-12-17(13-25-14-18-9-5-6-10-20(18)24)11-19(23)22(21)27-15-16-7-3-2-4-8-16;/h2-12,25H,13-15H2,1H3;1H. The highest BCUT2D eigenvalue weighted by molar-refractivity contribution is 9.10. The summed E-state index contributed by atoms with van der Waals surface area (Å²) in [5.41, 5.74) is 3.28. The first-order valence-corrected chi connectivity index (χ1v) is 9.81. The maximum Gasteiger partial charge on any atom is 0.175 e. The van der Waals surface area contributed by atoms with Gasteiger partial charge in [-0.2, -0.15) is 0 Å². The van der Waals surface area contributed by atoms with Gasteiger partial charge in [0.25, 0.3) is 0 Å².